The maximum Gasteiger partial charge on any atom is 0.139 e. The van der Waals surface area contributed by atoms with Crippen LogP contribution in [0.15, 0.2) is 22.4 Å². The van der Waals surface area contributed by atoms with E-state index in [1.807, 2.05) is 11.4 Å². The van der Waals surface area contributed by atoms with Crippen LogP contribution in [0, 0.1) is 0 Å². The molecular formula is C8H7NOS2. The number of rotatable bonds is 0. The Morgan fingerprint density at radius 1 is 1.42 bits per heavy atom. The summed E-state index contributed by atoms with van der Waals surface area (Å²) < 4.78 is 0.989. The molecule has 0 aliphatic heterocycles. The highest BCUT2D eigenvalue weighted by atomic mass is 32.1. The van der Waals surface area contributed by atoms with Gasteiger partial charge in [0.2, 0.25) is 0 Å². The second-order valence-corrected chi connectivity index (χ2v) is 3.89. The Bertz CT molecular complexity index is 436. The molecule has 1 aromatic carbocycles. The fourth-order valence-electron chi connectivity index (χ4n) is 1.12. The number of hydrogen-bond acceptors (Lipinski definition) is 4. The van der Waals surface area contributed by atoms with E-state index in [0.29, 0.717) is 16.0 Å². The molecule has 1 aromatic heterocycles. The number of nitrogen functional groups attached to an aromatic ring is 1. The average molecular weight is 197 g/mol. The van der Waals surface area contributed by atoms with Crippen molar-refractivity contribution in [2.24, 2.45) is 0 Å². The molecule has 3 N–H and O–H groups in total. The molecule has 0 atom stereocenters. The lowest BCUT2D eigenvalue weighted by atomic mass is 10.2. The predicted molar refractivity (Wildman–Crippen MR) is 55.2 cm³/mol. The summed E-state index contributed by atoms with van der Waals surface area (Å²) in [5, 5.41) is 12.1. The molecule has 0 spiro atoms. The van der Waals surface area contributed by atoms with Crippen molar-refractivity contribution in [3.8, 4) is 5.75 Å². The SMILES string of the molecule is Nc1csc2ccc(S)c(O)c12. The molecule has 0 radical (unpaired) electrons. The molecule has 1 heterocycles. The number of nitrogens with two attached hydrogens (primary N) is 1. The van der Waals surface area contributed by atoms with Gasteiger partial charge in [-0.3, -0.25) is 0 Å². The Morgan fingerprint density at radius 2 is 2.17 bits per heavy atom. The standard InChI is InChI=1S/C8H7NOS2/c9-4-3-12-6-2-1-5(11)8(10)7(4)6/h1-3,10-11H,9H2. The van der Waals surface area contributed by atoms with Gasteiger partial charge in [0, 0.05) is 15.0 Å². The Kier molecular flexibility index (Phi) is 1.66. The number of benzene rings is 1. The zero-order chi connectivity index (χ0) is 8.72. The lowest BCUT2D eigenvalue weighted by Crippen LogP contribution is -1.81. The van der Waals surface area contributed by atoms with Gasteiger partial charge in [0.05, 0.1) is 11.1 Å². The average Bonchev–Trinajstić information content (AvgIpc) is 2.41. The molecule has 2 nitrogen and oxygen atoms in total. The summed E-state index contributed by atoms with van der Waals surface area (Å²) >= 11 is 5.61. The molecule has 2 rings (SSSR count). The highest BCUT2D eigenvalue weighted by molar-refractivity contribution is 7.80. The third-order valence-electron chi connectivity index (χ3n) is 1.72. The van der Waals surface area contributed by atoms with E-state index in [9.17, 15) is 5.11 Å². The van der Waals surface area contributed by atoms with Crippen molar-refractivity contribution in [2.45, 2.75) is 4.90 Å². The van der Waals surface area contributed by atoms with Crippen LogP contribution in [0.25, 0.3) is 10.1 Å². The highest BCUT2D eigenvalue weighted by Gasteiger charge is 2.07. The summed E-state index contributed by atoms with van der Waals surface area (Å²) in [7, 11) is 0. The van der Waals surface area contributed by atoms with Crippen LogP contribution in [0.5, 0.6) is 5.75 Å². The Labute approximate surface area is 79.0 Å². The van der Waals surface area contributed by atoms with Gasteiger partial charge in [0.25, 0.3) is 0 Å². The minimum Gasteiger partial charge on any atom is -0.506 e. The van der Waals surface area contributed by atoms with E-state index >= 15 is 0 Å². The van der Waals surface area contributed by atoms with E-state index in [0.717, 1.165) is 4.70 Å². The van der Waals surface area contributed by atoms with Crippen LogP contribution in [0.2, 0.25) is 0 Å². The first-order valence-electron chi connectivity index (χ1n) is 3.38. The number of phenolic OH excluding ortho intramolecular Hbond substituents is 1. The van der Waals surface area contributed by atoms with E-state index in [-0.39, 0.29) is 5.75 Å². The normalized spacial score (nSPS) is 10.8. The number of phenols is 1. The van der Waals surface area contributed by atoms with Crippen molar-refractivity contribution in [3.63, 3.8) is 0 Å². The van der Waals surface area contributed by atoms with Gasteiger partial charge in [-0.05, 0) is 12.1 Å². The summed E-state index contributed by atoms with van der Waals surface area (Å²) in [5.74, 6) is 0.176. The second kappa shape index (κ2) is 2.57. The summed E-state index contributed by atoms with van der Waals surface area (Å²) in [5.41, 5.74) is 6.28. The summed E-state index contributed by atoms with van der Waals surface area (Å²) in [4.78, 5) is 0.563. The smallest absolute Gasteiger partial charge is 0.139 e. The van der Waals surface area contributed by atoms with Gasteiger partial charge in [0.1, 0.15) is 5.75 Å². The monoisotopic (exact) mass is 197 g/mol. The molecule has 0 amide bonds. The Hall–Kier alpha value is -0.870. The minimum atomic E-state index is 0.176. The van der Waals surface area contributed by atoms with Gasteiger partial charge >= 0.3 is 0 Å². The van der Waals surface area contributed by atoms with E-state index in [1.165, 1.54) is 11.3 Å². The van der Waals surface area contributed by atoms with Gasteiger partial charge in [-0.25, -0.2) is 0 Å². The van der Waals surface area contributed by atoms with E-state index in [4.69, 9.17) is 5.73 Å². The number of thiol groups is 1. The van der Waals surface area contributed by atoms with Crippen molar-refractivity contribution in [1.82, 2.24) is 0 Å². The topological polar surface area (TPSA) is 46.2 Å². The Morgan fingerprint density at radius 3 is 2.92 bits per heavy atom. The molecule has 0 fully saturated rings. The maximum absolute atomic E-state index is 9.58. The van der Waals surface area contributed by atoms with Gasteiger partial charge in [-0.2, -0.15) is 0 Å². The molecule has 2 aromatic rings. The summed E-state index contributed by atoms with van der Waals surface area (Å²) in [6.07, 6.45) is 0. The first kappa shape index (κ1) is 7.76. The quantitative estimate of drug-likeness (QED) is 0.568. The van der Waals surface area contributed by atoms with Crippen LogP contribution in [0.4, 0.5) is 5.69 Å². The lowest BCUT2D eigenvalue weighted by molar-refractivity contribution is 0.469. The third-order valence-corrected chi connectivity index (χ3v) is 3.05. The zero-order valence-corrected chi connectivity index (χ0v) is 7.82. The van der Waals surface area contributed by atoms with Crippen LogP contribution < -0.4 is 5.73 Å². The van der Waals surface area contributed by atoms with Crippen LogP contribution in [0.1, 0.15) is 0 Å². The molecular weight excluding hydrogens is 190 g/mol. The molecule has 0 bridgehead atoms. The number of aromatic hydroxyl groups is 1. The molecule has 0 aliphatic rings. The first-order chi connectivity index (χ1) is 5.70. The molecule has 0 saturated heterocycles. The maximum atomic E-state index is 9.58. The number of hydrogen-bond donors (Lipinski definition) is 3. The van der Waals surface area contributed by atoms with Crippen molar-refractivity contribution in [1.29, 1.82) is 0 Å². The lowest BCUT2D eigenvalue weighted by Gasteiger charge is -1.99. The second-order valence-electron chi connectivity index (χ2n) is 2.50. The fourth-order valence-corrected chi connectivity index (χ4v) is 2.16. The molecule has 0 unspecified atom stereocenters. The van der Waals surface area contributed by atoms with E-state index < -0.39 is 0 Å². The summed E-state index contributed by atoms with van der Waals surface area (Å²) in [6, 6.07) is 3.66. The van der Waals surface area contributed by atoms with Gasteiger partial charge in [-0.15, -0.1) is 24.0 Å². The summed E-state index contributed by atoms with van der Waals surface area (Å²) in [6.45, 7) is 0. The first-order valence-corrected chi connectivity index (χ1v) is 4.70. The molecule has 4 heteroatoms. The van der Waals surface area contributed by atoms with Crippen molar-refractivity contribution in [2.75, 3.05) is 5.73 Å². The zero-order valence-electron chi connectivity index (χ0n) is 6.11. The molecule has 0 aliphatic carbocycles. The van der Waals surface area contributed by atoms with Crippen LogP contribution >= 0.6 is 24.0 Å². The highest BCUT2D eigenvalue weighted by Crippen LogP contribution is 2.38. The number of fused-ring (bicyclic) bond motifs is 1. The van der Waals surface area contributed by atoms with Crippen molar-refractivity contribution >= 4 is 39.7 Å². The molecule has 62 valence electrons. The van der Waals surface area contributed by atoms with Gasteiger partial charge in [-0.1, -0.05) is 0 Å². The number of thiophene rings is 1. The molecule has 12 heavy (non-hydrogen) atoms. The van der Waals surface area contributed by atoms with E-state index in [2.05, 4.69) is 12.6 Å². The van der Waals surface area contributed by atoms with Crippen LogP contribution in [-0.2, 0) is 0 Å². The largest absolute Gasteiger partial charge is 0.506 e. The van der Waals surface area contributed by atoms with Gasteiger partial charge < -0.3 is 10.8 Å². The Balaban J connectivity index is 2.96. The third kappa shape index (κ3) is 0.956. The molecule has 0 saturated carbocycles. The van der Waals surface area contributed by atoms with Crippen LogP contribution in [0.3, 0.4) is 0 Å². The van der Waals surface area contributed by atoms with Crippen molar-refractivity contribution < 1.29 is 5.11 Å². The van der Waals surface area contributed by atoms with E-state index in [1.54, 1.807) is 6.07 Å². The fraction of sp³-hybridized carbons (Fsp3) is 0. The predicted octanol–water partition coefficient (Wildman–Crippen LogP) is 2.48. The van der Waals surface area contributed by atoms with Crippen molar-refractivity contribution in [3.05, 3.63) is 17.5 Å². The van der Waals surface area contributed by atoms with Crippen LogP contribution in [-0.4, -0.2) is 5.11 Å². The number of anilines is 1. The minimum absolute atomic E-state index is 0.176. The van der Waals surface area contributed by atoms with Gasteiger partial charge in [0.15, 0.2) is 0 Å².